The highest BCUT2D eigenvalue weighted by atomic mass is 32.2. The van der Waals surface area contributed by atoms with Gasteiger partial charge in [-0.3, -0.25) is 0 Å². The van der Waals surface area contributed by atoms with Gasteiger partial charge < -0.3 is 4.90 Å². The summed E-state index contributed by atoms with van der Waals surface area (Å²) < 4.78 is 7.54. The van der Waals surface area contributed by atoms with Crippen LogP contribution in [-0.2, 0) is 0 Å². The Labute approximate surface area is 57.9 Å². The molecule has 0 aliphatic carbocycles. The van der Waals surface area contributed by atoms with E-state index >= 15 is 0 Å². The summed E-state index contributed by atoms with van der Waals surface area (Å²) in [7, 11) is 3.87. The summed E-state index contributed by atoms with van der Waals surface area (Å²) in [6.45, 7) is 2.00. The molecule has 2 heteroatoms. The molecule has 50 valence electrons. The summed E-state index contributed by atoms with van der Waals surface area (Å²) in [5.41, 5.74) is 0. The molecule has 0 rings (SSSR count). The van der Waals surface area contributed by atoms with Gasteiger partial charge in [0.1, 0.15) is 0 Å². The predicted molar refractivity (Wildman–Crippen MR) is 41.5 cm³/mol. The molecule has 0 saturated carbocycles. The molecule has 0 N–H and O–H groups in total. The van der Waals surface area contributed by atoms with E-state index in [-0.39, 0.29) is 6.52 Å². The zero-order valence-electron chi connectivity index (χ0n) is 7.01. The number of rotatable bonds is 3. The minimum atomic E-state index is -0.0694. The fourth-order valence-corrected chi connectivity index (χ4v) is 0.846. The van der Waals surface area contributed by atoms with Crippen molar-refractivity contribution in [2.75, 3.05) is 26.9 Å². The lowest BCUT2D eigenvalue weighted by Crippen LogP contribution is -2.20. The first-order valence-electron chi connectivity index (χ1n) is 3.28. The first-order chi connectivity index (χ1) is 4.09. The lowest BCUT2D eigenvalue weighted by molar-refractivity contribution is 0.414. The van der Waals surface area contributed by atoms with E-state index < -0.39 is 0 Å². The molecule has 0 amide bonds. The number of nitrogens with zero attached hydrogens (tertiary/aromatic N) is 1. The van der Waals surface area contributed by atoms with Gasteiger partial charge in [-0.1, -0.05) is 6.92 Å². The van der Waals surface area contributed by atoms with Crippen LogP contribution in [0.25, 0.3) is 0 Å². The molecule has 0 aliphatic heterocycles. The van der Waals surface area contributed by atoms with Crippen molar-refractivity contribution in [3.8, 4) is 0 Å². The molecule has 0 aromatic rings. The Kier molecular flexibility index (Phi) is 3.39. The monoisotopic (exact) mass is 134 g/mol. The Balaban J connectivity index is 3.58. The molecule has 0 bridgehead atoms. The molecule has 1 nitrogen and oxygen atoms in total. The largest absolute Gasteiger partial charge is 0.308 e. The summed E-state index contributed by atoms with van der Waals surface area (Å²) in [4.78, 5) is 1.92. The van der Waals surface area contributed by atoms with Crippen molar-refractivity contribution in [1.82, 2.24) is 4.90 Å². The third-order valence-electron chi connectivity index (χ3n) is 0.880. The van der Waals surface area contributed by atoms with E-state index in [0.29, 0.717) is 5.25 Å². The lowest BCUT2D eigenvalue weighted by Gasteiger charge is -2.13. The van der Waals surface area contributed by atoms with Crippen molar-refractivity contribution in [2.45, 2.75) is 12.2 Å². The minimum absolute atomic E-state index is 0.0694. The average Bonchev–Trinajstić information content (AvgIpc) is 1.84. The summed E-state index contributed by atoms with van der Waals surface area (Å²) in [5.74, 6) is 0. The second kappa shape index (κ2) is 4.21. The maximum absolute atomic E-state index is 7.54. The third-order valence-corrected chi connectivity index (χ3v) is 1.75. The van der Waals surface area contributed by atoms with Crippen LogP contribution in [0.5, 0.6) is 0 Å². The second-order valence-corrected chi connectivity index (χ2v) is 3.27. The van der Waals surface area contributed by atoms with Crippen LogP contribution in [0.15, 0.2) is 0 Å². The summed E-state index contributed by atoms with van der Waals surface area (Å²) in [5, 5.41) is 0.403. The van der Waals surface area contributed by atoms with Gasteiger partial charge in [-0.05, 0) is 20.4 Å². The van der Waals surface area contributed by atoms with E-state index in [1.807, 2.05) is 25.3 Å². The Morgan fingerprint density at radius 1 is 1.75 bits per heavy atom. The normalized spacial score (nSPS) is 20.4. The van der Waals surface area contributed by atoms with Crippen LogP contribution in [0.4, 0.5) is 0 Å². The molecule has 0 spiro atoms. The van der Waals surface area contributed by atoms with Crippen molar-refractivity contribution >= 4 is 11.8 Å². The zero-order valence-corrected chi connectivity index (χ0v) is 6.83. The third kappa shape index (κ3) is 4.47. The standard InChI is InChI=1S/C6H15NS/c1-6(8-4)5-7(2)3/h6H,5H2,1-4H3/i5D. The maximum Gasteiger partial charge on any atom is 0.0442 e. The fraction of sp³-hybridized carbons (Fsp3) is 1.00. The number of hydrogen-bond donors (Lipinski definition) is 0. The molecule has 8 heavy (non-hydrogen) atoms. The first kappa shape index (κ1) is 6.43. The quantitative estimate of drug-likeness (QED) is 0.572. The summed E-state index contributed by atoms with van der Waals surface area (Å²) in [6.07, 6.45) is 2.04. The SMILES string of the molecule is [2H]C(C(C)SC)N(C)C. The molecule has 0 aliphatic rings. The van der Waals surface area contributed by atoms with Crippen LogP contribution in [0.3, 0.4) is 0 Å². The maximum atomic E-state index is 7.54. The van der Waals surface area contributed by atoms with Crippen LogP contribution in [0.1, 0.15) is 8.29 Å². The van der Waals surface area contributed by atoms with Crippen molar-refractivity contribution in [3.05, 3.63) is 0 Å². The van der Waals surface area contributed by atoms with Gasteiger partial charge in [0.2, 0.25) is 0 Å². The predicted octanol–water partition coefficient (Wildman–Crippen LogP) is 1.30. The fourth-order valence-electron chi connectivity index (χ4n) is 0.481. The van der Waals surface area contributed by atoms with Crippen molar-refractivity contribution < 1.29 is 1.37 Å². The van der Waals surface area contributed by atoms with Gasteiger partial charge in [0, 0.05) is 13.1 Å². The molecule has 0 aromatic heterocycles. The Hall–Kier alpha value is 0.310. The Morgan fingerprint density at radius 2 is 2.25 bits per heavy atom. The summed E-state index contributed by atoms with van der Waals surface area (Å²) >= 11 is 1.73. The van der Waals surface area contributed by atoms with Crippen LogP contribution < -0.4 is 0 Å². The van der Waals surface area contributed by atoms with Crippen LogP contribution in [0.2, 0.25) is 0 Å². The molecule has 2 unspecified atom stereocenters. The van der Waals surface area contributed by atoms with Crippen molar-refractivity contribution in [3.63, 3.8) is 0 Å². The second-order valence-electron chi connectivity index (χ2n) is 2.05. The Morgan fingerprint density at radius 3 is 2.38 bits per heavy atom. The van der Waals surface area contributed by atoms with Crippen LogP contribution in [-0.4, -0.2) is 37.0 Å². The Bertz CT molecular complexity index is 77.5. The van der Waals surface area contributed by atoms with Gasteiger partial charge in [-0.25, -0.2) is 0 Å². The minimum Gasteiger partial charge on any atom is -0.308 e. The smallest absolute Gasteiger partial charge is 0.0442 e. The van der Waals surface area contributed by atoms with Gasteiger partial charge >= 0.3 is 0 Å². The van der Waals surface area contributed by atoms with E-state index in [2.05, 4.69) is 6.92 Å². The molecule has 0 radical (unpaired) electrons. The van der Waals surface area contributed by atoms with Gasteiger partial charge in [-0.2, -0.15) is 11.8 Å². The van der Waals surface area contributed by atoms with Crippen molar-refractivity contribution in [2.24, 2.45) is 0 Å². The van der Waals surface area contributed by atoms with E-state index in [1.54, 1.807) is 11.8 Å². The van der Waals surface area contributed by atoms with Gasteiger partial charge in [0.25, 0.3) is 0 Å². The molecule has 0 heterocycles. The number of thioether (sulfide) groups is 1. The topological polar surface area (TPSA) is 3.24 Å². The molecule has 2 atom stereocenters. The van der Waals surface area contributed by atoms with Gasteiger partial charge in [0.05, 0.1) is 0 Å². The zero-order chi connectivity index (χ0) is 7.44. The molecular formula is C6H15NS. The van der Waals surface area contributed by atoms with Crippen LogP contribution >= 0.6 is 11.8 Å². The summed E-state index contributed by atoms with van der Waals surface area (Å²) in [6, 6.07) is 0. The highest BCUT2D eigenvalue weighted by Crippen LogP contribution is 2.04. The number of hydrogen-bond acceptors (Lipinski definition) is 2. The molecular weight excluding hydrogens is 118 g/mol. The highest BCUT2D eigenvalue weighted by molar-refractivity contribution is 7.99. The van der Waals surface area contributed by atoms with Gasteiger partial charge in [0.15, 0.2) is 0 Å². The highest BCUT2D eigenvalue weighted by Gasteiger charge is 1.98. The molecule has 0 aromatic carbocycles. The van der Waals surface area contributed by atoms with E-state index in [9.17, 15) is 0 Å². The first-order valence-corrected chi connectivity index (χ1v) is 4.00. The van der Waals surface area contributed by atoms with E-state index in [0.717, 1.165) is 0 Å². The van der Waals surface area contributed by atoms with Crippen molar-refractivity contribution in [1.29, 1.82) is 0 Å². The van der Waals surface area contributed by atoms with Crippen LogP contribution in [0, 0.1) is 0 Å². The van der Waals surface area contributed by atoms with E-state index in [4.69, 9.17) is 1.37 Å². The van der Waals surface area contributed by atoms with Gasteiger partial charge in [-0.15, -0.1) is 0 Å². The molecule has 0 saturated heterocycles. The van der Waals surface area contributed by atoms with E-state index in [1.165, 1.54) is 0 Å². The molecule has 0 fully saturated rings. The average molecular weight is 134 g/mol. The lowest BCUT2D eigenvalue weighted by atomic mass is 10.4.